The first-order valence-electron chi connectivity index (χ1n) is 5.45. The molecule has 0 bridgehead atoms. The highest BCUT2D eigenvalue weighted by atomic mass is 19.1. The lowest BCUT2D eigenvalue weighted by Crippen LogP contribution is -2.28. The van der Waals surface area contributed by atoms with Crippen molar-refractivity contribution in [2.75, 3.05) is 0 Å². The van der Waals surface area contributed by atoms with Crippen LogP contribution in [0.15, 0.2) is 23.0 Å². The predicted molar refractivity (Wildman–Crippen MR) is 58.9 cm³/mol. The first-order chi connectivity index (χ1) is 7.75. The highest BCUT2D eigenvalue weighted by molar-refractivity contribution is 5.77. The number of halogens is 1. The Morgan fingerprint density at radius 3 is 3.06 bits per heavy atom. The predicted octanol–water partition coefficient (Wildman–Crippen LogP) is 1.87. The van der Waals surface area contributed by atoms with Crippen LogP contribution >= 0.6 is 0 Å². The molecular formula is C12H11FN2O. The normalized spacial score (nSPS) is 15.1. The summed E-state index contributed by atoms with van der Waals surface area (Å²) in [6.07, 6.45) is 2.90. The van der Waals surface area contributed by atoms with Crippen molar-refractivity contribution in [1.29, 1.82) is 0 Å². The van der Waals surface area contributed by atoms with Gasteiger partial charge in [0, 0.05) is 13.0 Å². The highest BCUT2D eigenvalue weighted by Gasteiger charge is 2.14. The van der Waals surface area contributed by atoms with Gasteiger partial charge in [0.25, 0.3) is 5.56 Å². The van der Waals surface area contributed by atoms with E-state index in [2.05, 4.69) is 4.98 Å². The summed E-state index contributed by atoms with van der Waals surface area (Å²) in [6.45, 7) is 0.702. The van der Waals surface area contributed by atoms with Crippen LogP contribution in [0.3, 0.4) is 0 Å². The van der Waals surface area contributed by atoms with Crippen molar-refractivity contribution in [1.82, 2.24) is 9.55 Å². The number of rotatable bonds is 0. The quantitative estimate of drug-likeness (QED) is 0.676. The largest absolute Gasteiger partial charge is 0.296 e. The average Bonchev–Trinajstić information content (AvgIpc) is 2.31. The number of aryl methyl sites for hydroxylation is 1. The van der Waals surface area contributed by atoms with Crippen LogP contribution in [0.4, 0.5) is 4.39 Å². The van der Waals surface area contributed by atoms with E-state index in [9.17, 15) is 9.18 Å². The fourth-order valence-corrected chi connectivity index (χ4v) is 2.21. The topological polar surface area (TPSA) is 34.9 Å². The van der Waals surface area contributed by atoms with E-state index in [1.54, 1.807) is 10.6 Å². The van der Waals surface area contributed by atoms with Gasteiger partial charge in [-0.3, -0.25) is 9.36 Å². The minimum absolute atomic E-state index is 0.112. The molecule has 1 aromatic carbocycles. The molecule has 0 saturated carbocycles. The zero-order valence-corrected chi connectivity index (χ0v) is 8.74. The van der Waals surface area contributed by atoms with E-state index in [1.165, 1.54) is 12.1 Å². The fourth-order valence-electron chi connectivity index (χ4n) is 2.21. The molecule has 0 fully saturated rings. The van der Waals surface area contributed by atoms with Crippen LogP contribution in [0.1, 0.15) is 18.7 Å². The Morgan fingerprint density at radius 1 is 1.31 bits per heavy atom. The van der Waals surface area contributed by atoms with Crippen molar-refractivity contribution in [2.45, 2.75) is 25.8 Å². The van der Waals surface area contributed by atoms with E-state index in [0.29, 0.717) is 17.4 Å². The van der Waals surface area contributed by atoms with Gasteiger partial charge in [-0.1, -0.05) is 0 Å². The summed E-state index contributed by atoms with van der Waals surface area (Å²) in [5, 5.41) is 0.380. The lowest BCUT2D eigenvalue weighted by molar-refractivity contribution is 0.500. The monoisotopic (exact) mass is 218 g/mol. The first-order valence-corrected chi connectivity index (χ1v) is 5.45. The van der Waals surface area contributed by atoms with Gasteiger partial charge in [0.15, 0.2) is 0 Å². The Bertz CT molecular complexity index is 618. The molecule has 0 amide bonds. The third-order valence-corrected chi connectivity index (χ3v) is 3.03. The summed E-state index contributed by atoms with van der Waals surface area (Å²) in [4.78, 5) is 16.5. The second kappa shape index (κ2) is 3.40. The van der Waals surface area contributed by atoms with Crippen LogP contribution in [-0.4, -0.2) is 9.55 Å². The van der Waals surface area contributed by atoms with E-state index in [-0.39, 0.29) is 11.4 Å². The zero-order chi connectivity index (χ0) is 11.1. The Hall–Kier alpha value is -1.71. The Labute approximate surface area is 91.5 Å². The lowest BCUT2D eigenvalue weighted by atomic mass is 10.1. The summed E-state index contributed by atoms with van der Waals surface area (Å²) in [6, 6.07) is 4.18. The molecule has 0 aliphatic carbocycles. The van der Waals surface area contributed by atoms with Crippen molar-refractivity contribution < 1.29 is 4.39 Å². The molecule has 1 aliphatic heterocycles. The number of fused-ring (bicyclic) bond motifs is 2. The molecule has 0 radical (unpaired) electrons. The van der Waals surface area contributed by atoms with Crippen LogP contribution < -0.4 is 5.56 Å². The van der Waals surface area contributed by atoms with Gasteiger partial charge in [-0.15, -0.1) is 0 Å². The van der Waals surface area contributed by atoms with Crippen molar-refractivity contribution in [3.63, 3.8) is 0 Å². The van der Waals surface area contributed by atoms with Crippen LogP contribution in [0.2, 0.25) is 0 Å². The van der Waals surface area contributed by atoms with E-state index in [1.807, 2.05) is 0 Å². The van der Waals surface area contributed by atoms with Crippen molar-refractivity contribution in [3.8, 4) is 0 Å². The molecular weight excluding hydrogens is 207 g/mol. The zero-order valence-electron chi connectivity index (χ0n) is 8.74. The molecule has 1 aromatic heterocycles. The molecule has 3 rings (SSSR count). The maximum atomic E-state index is 13.1. The third-order valence-electron chi connectivity index (χ3n) is 3.03. The molecule has 16 heavy (non-hydrogen) atoms. The van der Waals surface area contributed by atoms with E-state index in [0.717, 1.165) is 25.1 Å². The first kappa shape index (κ1) is 9.51. The summed E-state index contributed by atoms with van der Waals surface area (Å²) < 4.78 is 14.7. The summed E-state index contributed by atoms with van der Waals surface area (Å²) >= 11 is 0. The smallest absolute Gasteiger partial charge is 0.261 e. The van der Waals surface area contributed by atoms with Gasteiger partial charge in [-0.25, -0.2) is 9.37 Å². The van der Waals surface area contributed by atoms with Crippen LogP contribution in [0.5, 0.6) is 0 Å². The van der Waals surface area contributed by atoms with Gasteiger partial charge < -0.3 is 0 Å². The number of aromatic nitrogens is 2. The van der Waals surface area contributed by atoms with Gasteiger partial charge in [0.2, 0.25) is 0 Å². The van der Waals surface area contributed by atoms with Crippen molar-refractivity contribution in [2.24, 2.45) is 0 Å². The number of benzene rings is 1. The van der Waals surface area contributed by atoms with Crippen LogP contribution in [0.25, 0.3) is 10.9 Å². The number of hydrogen-bond donors (Lipinski definition) is 0. The second-order valence-electron chi connectivity index (χ2n) is 4.10. The molecule has 1 aliphatic rings. The van der Waals surface area contributed by atoms with Gasteiger partial charge in [0.1, 0.15) is 11.6 Å². The molecule has 0 spiro atoms. The molecule has 2 aromatic rings. The van der Waals surface area contributed by atoms with Crippen LogP contribution in [-0.2, 0) is 13.0 Å². The average molecular weight is 218 g/mol. The molecule has 2 heterocycles. The molecule has 82 valence electrons. The number of nitrogens with zero attached hydrogens (tertiary/aromatic N) is 2. The standard InChI is InChI=1S/C12H11FN2O/c13-8-4-5-10-9(7-8)12(16)15-6-2-1-3-11(15)14-10/h4-5,7H,1-3,6H2. The highest BCUT2D eigenvalue weighted by Crippen LogP contribution is 2.15. The third kappa shape index (κ3) is 1.33. The van der Waals surface area contributed by atoms with E-state index in [4.69, 9.17) is 0 Å². The maximum absolute atomic E-state index is 13.1. The van der Waals surface area contributed by atoms with Gasteiger partial charge in [0.05, 0.1) is 10.9 Å². The molecule has 0 N–H and O–H groups in total. The van der Waals surface area contributed by atoms with Crippen molar-refractivity contribution in [3.05, 3.63) is 40.2 Å². The lowest BCUT2D eigenvalue weighted by Gasteiger charge is -2.17. The van der Waals surface area contributed by atoms with Gasteiger partial charge >= 0.3 is 0 Å². The fraction of sp³-hybridized carbons (Fsp3) is 0.333. The summed E-state index contributed by atoms with van der Waals surface area (Å²) in [7, 11) is 0. The minimum Gasteiger partial charge on any atom is -0.296 e. The minimum atomic E-state index is -0.386. The van der Waals surface area contributed by atoms with Gasteiger partial charge in [-0.2, -0.15) is 0 Å². The van der Waals surface area contributed by atoms with E-state index < -0.39 is 0 Å². The molecule has 0 unspecified atom stereocenters. The molecule has 4 heteroatoms. The van der Waals surface area contributed by atoms with Crippen LogP contribution in [0, 0.1) is 5.82 Å². The number of hydrogen-bond acceptors (Lipinski definition) is 2. The molecule has 0 atom stereocenters. The van der Waals surface area contributed by atoms with Crippen molar-refractivity contribution >= 4 is 10.9 Å². The Balaban J connectivity index is 2.40. The Kier molecular flexibility index (Phi) is 2.02. The van der Waals surface area contributed by atoms with E-state index >= 15 is 0 Å². The maximum Gasteiger partial charge on any atom is 0.261 e. The summed E-state index contributed by atoms with van der Waals surface area (Å²) in [5.41, 5.74) is 0.485. The molecule has 3 nitrogen and oxygen atoms in total. The Morgan fingerprint density at radius 2 is 2.19 bits per heavy atom. The molecule has 0 saturated heterocycles. The summed E-state index contributed by atoms with van der Waals surface area (Å²) in [5.74, 6) is 0.443. The second-order valence-corrected chi connectivity index (χ2v) is 4.10. The SMILES string of the molecule is O=c1c2cc(F)ccc2nc2n1CCCC2. The van der Waals surface area contributed by atoms with Gasteiger partial charge in [-0.05, 0) is 31.0 Å².